The molecule has 0 radical (unpaired) electrons. The van der Waals surface area contributed by atoms with Crippen LogP contribution in [0.1, 0.15) is 40.5 Å². The van der Waals surface area contributed by atoms with E-state index in [9.17, 15) is 18.0 Å². The van der Waals surface area contributed by atoms with Crippen LogP contribution < -0.4 is 9.62 Å². The Labute approximate surface area is 174 Å². The van der Waals surface area contributed by atoms with Crippen molar-refractivity contribution in [3.8, 4) is 0 Å². The molecule has 1 fully saturated rings. The van der Waals surface area contributed by atoms with Crippen LogP contribution in [0, 0.1) is 0 Å². The van der Waals surface area contributed by atoms with Gasteiger partial charge in [-0.2, -0.15) is 0 Å². The van der Waals surface area contributed by atoms with Crippen molar-refractivity contribution in [3.05, 3.63) is 58.6 Å². The summed E-state index contributed by atoms with van der Waals surface area (Å²) in [6.07, 6.45) is 1.41. The van der Waals surface area contributed by atoms with Crippen molar-refractivity contribution >= 4 is 44.9 Å². The lowest BCUT2D eigenvalue weighted by atomic mass is 10.1. The highest BCUT2D eigenvalue weighted by molar-refractivity contribution is 7.92. The van der Waals surface area contributed by atoms with E-state index in [0.717, 1.165) is 6.42 Å². The van der Waals surface area contributed by atoms with Crippen molar-refractivity contribution < 1.29 is 22.7 Å². The number of anilines is 2. The molecule has 1 saturated heterocycles. The lowest BCUT2D eigenvalue weighted by Gasteiger charge is -2.28. The van der Waals surface area contributed by atoms with Gasteiger partial charge in [-0.25, -0.2) is 13.2 Å². The fraction of sp³-hybridized carbons (Fsp3) is 0.300. The molecule has 0 saturated carbocycles. The number of hydrogen-bond donors (Lipinski definition) is 1. The van der Waals surface area contributed by atoms with Gasteiger partial charge in [0, 0.05) is 17.8 Å². The van der Waals surface area contributed by atoms with Gasteiger partial charge < -0.3 is 10.1 Å². The van der Waals surface area contributed by atoms with E-state index in [1.54, 1.807) is 37.3 Å². The molecule has 1 heterocycles. The molecule has 0 spiro atoms. The number of nitrogens with zero attached hydrogens (tertiary/aromatic N) is 1. The number of ether oxygens (including phenoxy) is 1. The summed E-state index contributed by atoms with van der Waals surface area (Å²) in [4.78, 5) is 24.6. The average Bonchev–Trinajstić information content (AvgIpc) is 2.69. The van der Waals surface area contributed by atoms with E-state index in [-0.39, 0.29) is 22.9 Å². The number of sulfonamides is 1. The van der Waals surface area contributed by atoms with Crippen molar-refractivity contribution in [2.24, 2.45) is 0 Å². The molecular weight excluding hydrogens is 416 g/mol. The van der Waals surface area contributed by atoms with Gasteiger partial charge in [0.05, 0.1) is 28.6 Å². The van der Waals surface area contributed by atoms with Gasteiger partial charge in [0.25, 0.3) is 5.91 Å². The molecule has 9 heteroatoms. The van der Waals surface area contributed by atoms with Crippen LogP contribution in [0.4, 0.5) is 11.4 Å². The van der Waals surface area contributed by atoms with Crippen LogP contribution in [0.15, 0.2) is 42.5 Å². The van der Waals surface area contributed by atoms with E-state index in [4.69, 9.17) is 16.3 Å². The summed E-state index contributed by atoms with van der Waals surface area (Å²) in [5.41, 5.74) is 1.29. The first-order valence-corrected chi connectivity index (χ1v) is 11.2. The van der Waals surface area contributed by atoms with Gasteiger partial charge in [-0.1, -0.05) is 17.7 Å². The molecule has 2 aromatic rings. The zero-order valence-electron chi connectivity index (χ0n) is 15.9. The van der Waals surface area contributed by atoms with E-state index in [1.165, 1.54) is 16.4 Å². The maximum atomic E-state index is 12.7. The van der Waals surface area contributed by atoms with E-state index in [0.29, 0.717) is 29.9 Å². The van der Waals surface area contributed by atoms with E-state index >= 15 is 0 Å². The smallest absolute Gasteiger partial charge is 0.339 e. The zero-order valence-corrected chi connectivity index (χ0v) is 17.4. The SMILES string of the molecule is CCOC(=O)c1cc(NC(=O)c2cccc(N3CCCCS3(=O)=O)c2)ccc1Cl. The lowest BCUT2D eigenvalue weighted by molar-refractivity contribution is 0.0526. The summed E-state index contributed by atoms with van der Waals surface area (Å²) < 4.78 is 30.9. The van der Waals surface area contributed by atoms with E-state index in [1.807, 2.05) is 0 Å². The Morgan fingerprint density at radius 1 is 1.17 bits per heavy atom. The second-order valence-corrected chi connectivity index (χ2v) is 8.93. The molecule has 154 valence electrons. The highest BCUT2D eigenvalue weighted by atomic mass is 35.5. The minimum atomic E-state index is -3.37. The van der Waals surface area contributed by atoms with Gasteiger partial charge in [0.15, 0.2) is 0 Å². The van der Waals surface area contributed by atoms with Gasteiger partial charge in [0.1, 0.15) is 0 Å². The highest BCUT2D eigenvalue weighted by Crippen LogP contribution is 2.25. The van der Waals surface area contributed by atoms with Gasteiger partial charge in [0.2, 0.25) is 10.0 Å². The Kier molecular flexibility index (Phi) is 6.44. The van der Waals surface area contributed by atoms with Crippen molar-refractivity contribution in [2.75, 3.05) is 28.5 Å². The highest BCUT2D eigenvalue weighted by Gasteiger charge is 2.26. The predicted octanol–water partition coefficient (Wildman–Crippen LogP) is 3.70. The second kappa shape index (κ2) is 8.84. The molecule has 0 atom stereocenters. The molecule has 1 aliphatic heterocycles. The molecule has 0 aromatic heterocycles. The van der Waals surface area contributed by atoms with Gasteiger partial charge >= 0.3 is 5.97 Å². The van der Waals surface area contributed by atoms with E-state index < -0.39 is 21.9 Å². The van der Waals surface area contributed by atoms with Gasteiger partial charge in [-0.05, 0) is 56.2 Å². The van der Waals surface area contributed by atoms with Crippen LogP contribution in [0.3, 0.4) is 0 Å². The topological polar surface area (TPSA) is 92.8 Å². The summed E-state index contributed by atoms with van der Waals surface area (Å²) >= 11 is 6.04. The molecule has 0 unspecified atom stereocenters. The number of carbonyl (C=O) groups is 2. The first-order valence-electron chi connectivity index (χ1n) is 9.20. The molecule has 0 aliphatic carbocycles. The molecular formula is C20H21ClN2O5S. The Bertz CT molecular complexity index is 1040. The number of nitrogens with one attached hydrogen (secondary N) is 1. The number of carbonyl (C=O) groups excluding carboxylic acids is 2. The quantitative estimate of drug-likeness (QED) is 0.721. The average molecular weight is 437 g/mol. The third-order valence-corrected chi connectivity index (χ3v) is 6.66. The number of halogens is 1. The molecule has 29 heavy (non-hydrogen) atoms. The third kappa shape index (κ3) is 4.89. The lowest BCUT2D eigenvalue weighted by Crippen LogP contribution is -2.37. The number of benzene rings is 2. The standard InChI is InChI=1S/C20H21ClN2O5S/c1-2-28-20(25)17-13-15(8-9-18(17)21)22-19(24)14-6-5-7-16(12-14)23-10-3-4-11-29(23,26)27/h5-9,12-13H,2-4,10-11H2,1H3,(H,22,24). The molecule has 2 aromatic carbocycles. The third-order valence-electron chi connectivity index (χ3n) is 4.47. The number of esters is 1. The molecule has 0 bridgehead atoms. The molecule has 1 aliphatic rings. The Hall–Kier alpha value is -2.58. The first-order chi connectivity index (χ1) is 13.8. The summed E-state index contributed by atoms with van der Waals surface area (Å²) in [6, 6.07) is 11.0. The van der Waals surface area contributed by atoms with Crippen LogP contribution in [0.5, 0.6) is 0 Å². The van der Waals surface area contributed by atoms with Crippen molar-refractivity contribution in [3.63, 3.8) is 0 Å². The Balaban J connectivity index is 1.81. The fourth-order valence-corrected chi connectivity index (χ4v) is 4.88. The first kappa shape index (κ1) is 21.1. The summed E-state index contributed by atoms with van der Waals surface area (Å²) in [7, 11) is -3.37. The van der Waals surface area contributed by atoms with Crippen LogP contribution in [-0.2, 0) is 14.8 Å². The summed E-state index contributed by atoms with van der Waals surface area (Å²) in [6.45, 7) is 2.29. The monoisotopic (exact) mass is 436 g/mol. The molecule has 1 N–H and O–H groups in total. The fourth-order valence-electron chi connectivity index (χ4n) is 3.05. The minimum Gasteiger partial charge on any atom is -0.462 e. The molecule has 7 nitrogen and oxygen atoms in total. The molecule has 1 amide bonds. The number of hydrogen-bond acceptors (Lipinski definition) is 5. The van der Waals surface area contributed by atoms with Crippen molar-refractivity contribution in [2.45, 2.75) is 19.8 Å². The zero-order chi connectivity index (χ0) is 21.0. The minimum absolute atomic E-state index is 0.102. The van der Waals surface area contributed by atoms with Crippen molar-refractivity contribution in [1.29, 1.82) is 0 Å². The number of rotatable bonds is 5. The maximum absolute atomic E-state index is 12.7. The summed E-state index contributed by atoms with van der Waals surface area (Å²) in [5, 5.41) is 2.92. The van der Waals surface area contributed by atoms with Crippen LogP contribution in [0.2, 0.25) is 5.02 Å². The van der Waals surface area contributed by atoms with Crippen LogP contribution in [-0.4, -0.2) is 39.2 Å². The normalized spacial score (nSPS) is 15.6. The molecule has 3 rings (SSSR count). The Morgan fingerprint density at radius 2 is 1.97 bits per heavy atom. The van der Waals surface area contributed by atoms with E-state index in [2.05, 4.69) is 5.32 Å². The summed E-state index contributed by atoms with van der Waals surface area (Å²) in [5.74, 6) is -0.908. The Morgan fingerprint density at radius 3 is 2.69 bits per heavy atom. The van der Waals surface area contributed by atoms with Gasteiger partial charge in [-0.15, -0.1) is 0 Å². The van der Waals surface area contributed by atoms with Crippen LogP contribution in [0.25, 0.3) is 0 Å². The van der Waals surface area contributed by atoms with Gasteiger partial charge in [-0.3, -0.25) is 9.10 Å². The number of amides is 1. The predicted molar refractivity (Wildman–Crippen MR) is 112 cm³/mol. The second-order valence-electron chi connectivity index (χ2n) is 6.51. The van der Waals surface area contributed by atoms with Crippen LogP contribution >= 0.6 is 11.6 Å². The largest absolute Gasteiger partial charge is 0.462 e. The van der Waals surface area contributed by atoms with Crippen molar-refractivity contribution in [1.82, 2.24) is 0 Å². The maximum Gasteiger partial charge on any atom is 0.339 e.